The lowest BCUT2D eigenvalue weighted by Crippen LogP contribution is -2.33. The van der Waals surface area contributed by atoms with Crippen molar-refractivity contribution in [3.05, 3.63) is 12.0 Å². The SMILES string of the molecule is Cl.O=S(=O)(c1cnc2n1CCC2)N1C[C@H]2CNC[C@H]2C1. The van der Waals surface area contributed by atoms with E-state index in [1.807, 2.05) is 4.57 Å². The van der Waals surface area contributed by atoms with Crippen LogP contribution in [0, 0.1) is 11.8 Å². The Kier molecular flexibility index (Phi) is 3.56. The summed E-state index contributed by atoms with van der Waals surface area (Å²) in [5, 5.41) is 3.73. The molecule has 4 rings (SSSR count). The number of nitrogens with one attached hydrogen (secondary N) is 1. The minimum atomic E-state index is -3.36. The smallest absolute Gasteiger partial charge is 0.260 e. The van der Waals surface area contributed by atoms with E-state index in [0.717, 1.165) is 38.3 Å². The average molecular weight is 319 g/mol. The second-order valence-corrected chi connectivity index (χ2v) is 7.65. The fraction of sp³-hybridized carbons (Fsp3) is 0.750. The predicted molar refractivity (Wildman–Crippen MR) is 76.4 cm³/mol. The molecule has 2 atom stereocenters. The number of aromatic nitrogens is 2. The molecule has 0 aliphatic carbocycles. The summed E-state index contributed by atoms with van der Waals surface area (Å²) in [4.78, 5) is 4.25. The van der Waals surface area contributed by atoms with Gasteiger partial charge in [-0.2, -0.15) is 4.31 Å². The summed E-state index contributed by atoms with van der Waals surface area (Å²) >= 11 is 0. The molecule has 0 amide bonds. The van der Waals surface area contributed by atoms with Crippen molar-refractivity contribution in [1.29, 1.82) is 0 Å². The molecule has 2 fully saturated rings. The number of hydrogen-bond acceptors (Lipinski definition) is 4. The van der Waals surface area contributed by atoms with Crippen molar-refractivity contribution < 1.29 is 8.42 Å². The van der Waals surface area contributed by atoms with Crippen LogP contribution in [0.15, 0.2) is 11.2 Å². The Morgan fingerprint density at radius 1 is 1.25 bits per heavy atom. The highest BCUT2D eigenvalue weighted by Crippen LogP contribution is 2.31. The van der Waals surface area contributed by atoms with Crippen LogP contribution in [0.5, 0.6) is 0 Å². The maximum atomic E-state index is 12.7. The molecule has 0 saturated carbocycles. The van der Waals surface area contributed by atoms with Crippen LogP contribution in [0.1, 0.15) is 12.2 Å². The molecule has 3 aliphatic rings. The first-order valence-corrected chi connectivity index (χ1v) is 8.35. The predicted octanol–water partition coefficient (Wildman–Crippen LogP) is 0.0910. The standard InChI is InChI=1S/C12H18N4O2S.ClH/c17-19(18,12-6-14-11-2-1-3-16(11)12)15-7-9-4-13-5-10(9)8-15;/h6,9-10,13H,1-5,7-8H2;1H/t9-,10+;. The van der Waals surface area contributed by atoms with Gasteiger partial charge in [0.15, 0.2) is 5.03 Å². The van der Waals surface area contributed by atoms with Gasteiger partial charge in [0.1, 0.15) is 5.82 Å². The zero-order chi connectivity index (χ0) is 13.0. The van der Waals surface area contributed by atoms with Gasteiger partial charge >= 0.3 is 0 Å². The van der Waals surface area contributed by atoms with Crippen LogP contribution >= 0.6 is 12.4 Å². The zero-order valence-corrected chi connectivity index (χ0v) is 12.8. The number of hydrogen-bond donors (Lipinski definition) is 1. The van der Waals surface area contributed by atoms with Crippen LogP contribution in [0.3, 0.4) is 0 Å². The van der Waals surface area contributed by atoms with Gasteiger partial charge in [-0.15, -0.1) is 12.4 Å². The normalized spacial score (nSPS) is 29.2. The molecule has 1 aromatic heterocycles. The molecule has 8 heteroatoms. The quantitative estimate of drug-likeness (QED) is 0.839. The third kappa shape index (κ3) is 1.99. The van der Waals surface area contributed by atoms with Gasteiger partial charge < -0.3 is 9.88 Å². The van der Waals surface area contributed by atoms with Crippen molar-refractivity contribution >= 4 is 22.4 Å². The molecule has 0 radical (unpaired) electrons. The molecule has 1 N–H and O–H groups in total. The number of imidazole rings is 1. The molecule has 6 nitrogen and oxygen atoms in total. The van der Waals surface area contributed by atoms with Gasteiger partial charge in [-0.05, 0) is 31.3 Å². The van der Waals surface area contributed by atoms with Gasteiger partial charge in [0.25, 0.3) is 10.0 Å². The van der Waals surface area contributed by atoms with Crippen molar-refractivity contribution in [2.45, 2.75) is 24.4 Å². The molecule has 2 saturated heterocycles. The highest BCUT2D eigenvalue weighted by atomic mass is 35.5. The number of rotatable bonds is 2. The molecule has 0 aromatic carbocycles. The second kappa shape index (κ2) is 4.98. The fourth-order valence-electron chi connectivity index (χ4n) is 3.58. The number of aryl methyl sites for hydroxylation is 1. The average Bonchev–Trinajstić information content (AvgIpc) is 3.08. The monoisotopic (exact) mass is 318 g/mol. The molecule has 0 unspecified atom stereocenters. The largest absolute Gasteiger partial charge is 0.318 e. The third-order valence-corrected chi connectivity index (χ3v) is 6.48. The molecule has 1 aromatic rings. The van der Waals surface area contributed by atoms with Crippen LogP contribution in [0.2, 0.25) is 0 Å². The summed E-state index contributed by atoms with van der Waals surface area (Å²) in [6.45, 7) is 3.98. The molecule has 3 aliphatic heterocycles. The van der Waals surface area contributed by atoms with E-state index in [1.54, 1.807) is 4.31 Å². The van der Waals surface area contributed by atoms with Crippen LogP contribution in [-0.4, -0.2) is 48.5 Å². The number of nitrogens with zero attached hydrogens (tertiary/aromatic N) is 3. The van der Waals surface area contributed by atoms with Crippen LogP contribution in [0.4, 0.5) is 0 Å². The van der Waals surface area contributed by atoms with E-state index in [4.69, 9.17) is 0 Å². The molecule has 0 spiro atoms. The summed E-state index contributed by atoms with van der Waals surface area (Å²) in [7, 11) is -3.36. The van der Waals surface area contributed by atoms with E-state index in [9.17, 15) is 8.42 Å². The van der Waals surface area contributed by atoms with E-state index >= 15 is 0 Å². The molecule has 112 valence electrons. The van der Waals surface area contributed by atoms with Crippen molar-refractivity contribution in [2.75, 3.05) is 26.2 Å². The lowest BCUT2D eigenvalue weighted by molar-refractivity contribution is 0.441. The number of sulfonamides is 1. The molecule has 20 heavy (non-hydrogen) atoms. The lowest BCUT2D eigenvalue weighted by Gasteiger charge is -2.17. The molecule has 4 heterocycles. The van der Waals surface area contributed by atoms with Crippen molar-refractivity contribution in [2.24, 2.45) is 11.8 Å². The Labute approximate surface area is 125 Å². The van der Waals surface area contributed by atoms with Gasteiger partial charge in [-0.25, -0.2) is 13.4 Å². The number of fused-ring (bicyclic) bond motifs is 2. The van der Waals surface area contributed by atoms with Crippen molar-refractivity contribution in [3.63, 3.8) is 0 Å². The van der Waals surface area contributed by atoms with Gasteiger partial charge in [-0.3, -0.25) is 0 Å². The summed E-state index contributed by atoms with van der Waals surface area (Å²) in [5.41, 5.74) is 0. The summed E-state index contributed by atoms with van der Waals surface area (Å²) in [6.07, 6.45) is 3.43. The van der Waals surface area contributed by atoms with E-state index in [0.29, 0.717) is 30.0 Å². The van der Waals surface area contributed by atoms with E-state index in [1.165, 1.54) is 6.20 Å². The van der Waals surface area contributed by atoms with Crippen LogP contribution in [-0.2, 0) is 23.0 Å². The first-order valence-electron chi connectivity index (χ1n) is 6.91. The third-order valence-electron chi connectivity index (χ3n) is 4.64. The molecular formula is C12H19ClN4O2S. The van der Waals surface area contributed by atoms with Gasteiger partial charge in [-0.1, -0.05) is 0 Å². The van der Waals surface area contributed by atoms with Crippen molar-refractivity contribution in [3.8, 4) is 0 Å². The minimum Gasteiger partial charge on any atom is -0.318 e. The van der Waals surface area contributed by atoms with Crippen LogP contribution < -0.4 is 5.32 Å². The van der Waals surface area contributed by atoms with Crippen molar-refractivity contribution in [1.82, 2.24) is 19.2 Å². The summed E-state index contributed by atoms with van der Waals surface area (Å²) < 4.78 is 29.0. The summed E-state index contributed by atoms with van der Waals surface area (Å²) in [6, 6.07) is 0. The first kappa shape index (κ1) is 14.3. The Morgan fingerprint density at radius 3 is 2.65 bits per heavy atom. The fourth-order valence-corrected chi connectivity index (χ4v) is 5.28. The molecular weight excluding hydrogens is 300 g/mol. The van der Waals surface area contributed by atoms with E-state index in [2.05, 4.69) is 10.3 Å². The van der Waals surface area contributed by atoms with Gasteiger partial charge in [0.2, 0.25) is 0 Å². The second-order valence-electron chi connectivity index (χ2n) is 5.77. The highest BCUT2D eigenvalue weighted by molar-refractivity contribution is 7.89. The topological polar surface area (TPSA) is 67.2 Å². The zero-order valence-electron chi connectivity index (χ0n) is 11.2. The maximum Gasteiger partial charge on any atom is 0.260 e. The van der Waals surface area contributed by atoms with Crippen LogP contribution in [0.25, 0.3) is 0 Å². The van der Waals surface area contributed by atoms with Gasteiger partial charge in [0.05, 0.1) is 6.20 Å². The van der Waals surface area contributed by atoms with Gasteiger partial charge in [0, 0.05) is 26.1 Å². The minimum absolute atomic E-state index is 0. The number of halogens is 1. The lowest BCUT2D eigenvalue weighted by atomic mass is 10.0. The Bertz CT molecular complexity index is 603. The highest BCUT2D eigenvalue weighted by Gasteiger charge is 2.42. The maximum absolute atomic E-state index is 12.7. The van der Waals surface area contributed by atoms with E-state index in [-0.39, 0.29) is 12.4 Å². The summed E-state index contributed by atoms with van der Waals surface area (Å²) in [5.74, 6) is 1.88. The Morgan fingerprint density at radius 2 is 1.95 bits per heavy atom. The molecule has 0 bridgehead atoms. The van der Waals surface area contributed by atoms with E-state index < -0.39 is 10.0 Å². The Hall–Kier alpha value is -0.630. The Balaban J connectivity index is 0.00000121. The first-order chi connectivity index (χ1) is 9.16.